The van der Waals surface area contributed by atoms with Crippen molar-refractivity contribution in [3.8, 4) is 0 Å². The molecule has 1 aliphatic heterocycles. The van der Waals surface area contributed by atoms with E-state index in [9.17, 15) is 4.79 Å². The third-order valence-electron chi connectivity index (χ3n) is 3.83. The molecule has 22 heavy (non-hydrogen) atoms. The third-order valence-corrected chi connectivity index (χ3v) is 4.87. The van der Waals surface area contributed by atoms with Crippen LogP contribution >= 0.6 is 11.8 Å². The van der Waals surface area contributed by atoms with Gasteiger partial charge in [0.1, 0.15) is 0 Å². The first-order chi connectivity index (χ1) is 10.6. The zero-order chi connectivity index (χ0) is 15.5. The minimum atomic E-state index is 0.0374. The molecule has 0 aromatic heterocycles. The molecular formula is C18H20N2OS. The molecular weight excluding hydrogens is 292 g/mol. The fourth-order valence-corrected chi connectivity index (χ4v) is 3.68. The average Bonchev–Trinajstić information content (AvgIpc) is 2.51. The number of nitrogens with one attached hydrogen (secondary N) is 1. The van der Waals surface area contributed by atoms with E-state index in [1.807, 2.05) is 49.9 Å². The van der Waals surface area contributed by atoms with Crippen LogP contribution in [0.15, 0.2) is 47.4 Å². The van der Waals surface area contributed by atoms with E-state index in [0.717, 1.165) is 34.8 Å². The van der Waals surface area contributed by atoms with Crippen LogP contribution in [0.2, 0.25) is 0 Å². The predicted molar refractivity (Wildman–Crippen MR) is 93.9 cm³/mol. The predicted octanol–water partition coefficient (Wildman–Crippen LogP) is 3.85. The zero-order valence-electron chi connectivity index (χ0n) is 12.9. The number of hydrogen-bond donors (Lipinski definition) is 1. The van der Waals surface area contributed by atoms with E-state index >= 15 is 0 Å². The van der Waals surface area contributed by atoms with Crippen molar-refractivity contribution < 1.29 is 4.79 Å². The number of rotatable bonds is 3. The summed E-state index contributed by atoms with van der Waals surface area (Å²) in [5.74, 6) is 1.06. The number of amides is 1. The summed E-state index contributed by atoms with van der Waals surface area (Å²) in [5.41, 5.74) is 4.31. The van der Waals surface area contributed by atoms with Crippen LogP contribution in [0.25, 0.3) is 0 Å². The first-order valence-electron chi connectivity index (χ1n) is 7.47. The number of carbonyl (C=O) groups is 1. The molecule has 1 aliphatic rings. The molecule has 0 bridgehead atoms. The van der Waals surface area contributed by atoms with Gasteiger partial charge in [-0.15, -0.1) is 11.8 Å². The second-order valence-corrected chi connectivity index (χ2v) is 6.74. The van der Waals surface area contributed by atoms with E-state index in [1.54, 1.807) is 0 Å². The molecule has 0 saturated heterocycles. The van der Waals surface area contributed by atoms with Crippen molar-refractivity contribution in [2.75, 3.05) is 29.1 Å². The quantitative estimate of drug-likeness (QED) is 0.934. The Bertz CT molecular complexity index is 699. The van der Waals surface area contributed by atoms with E-state index in [0.29, 0.717) is 6.54 Å². The molecule has 2 aromatic rings. The van der Waals surface area contributed by atoms with Crippen molar-refractivity contribution >= 4 is 29.0 Å². The maximum atomic E-state index is 12.4. The molecule has 1 heterocycles. The monoisotopic (exact) mass is 312 g/mol. The molecule has 3 nitrogen and oxygen atoms in total. The molecule has 0 aliphatic carbocycles. The Kier molecular flexibility index (Phi) is 4.39. The van der Waals surface area contributed by atoms with Crippen LogP contribution in [0.5, 0.6) is 0 Å². The highest BCUT2D eigenvalue weighted by molar-refractivity contribution is 7.99. The van der Waals surface area contributed by atoms with Crippen molar-refractivity contribution in [2.45, 2.75) is 18.7 Å². The van der Waals surface area contributed by atoms with Gasteiger partial charge in [0.15, 0.2) is 0 Å². The van der Waals surface area contributed by atoms with Crippen molar-refractivity contribution in [1.82, 2.24) is 0 Å². The molecule has 2 aromatic carbocycles. The third kappa shape index (κ3) is 3.28. The van der Waals surface area contributed by atoms with E-state index < -0.39 is 0 Å². The number of anilines is 2. The smallest absolute Gasteiger partial charge is 0.243 e. The highest BCUT2D eigenvalue weighted by Gasteiger charge is 2.19. The summed E-state index contributed by atoms with van der Waals surface area (Å²) < 4.78 is 0. The summed E-state index contributed by atoms with van der Waals surface area (Å²) in [5, 5.41) is 3.04. The van der Waals surface area contributed by atoms with Crippen molar-refractivity contribution in [1.29, 1.82) is 0 Å². The van der Waals surface area contributed by atoms with E-state index in [1.165, 1.54) is 4.90 Å². The average molecular weight is 312 g/mol. The van der Waals surface area contributed by atoms with Gasteiger partial charge >= 0.3 is 0 Å². The van der Waals surface area contributed by atoms with Crippen LogP contribution < -0.4 is 10.2 Å². The molecule has 0 unspecified atom stereocenters. The van der Waals surface area contributed by atoms with Crippen LogP contribution in [0.1, 0.15) is 11.1 Å². The summed E-state index contributed by atoms with van der Waals surface area (Å²) in [6.45, 7) is 5.35. The number of nitrogens with zero attached hydrogens (tertiary/aromatic N) is 1. The Morgan fingerprint density at radius 2 is 2.05 bits per heavy atom. The molecule has 1 N–H and O–H groups in total. The molecule has 114 valence electrons. The number of para-hydroxylation sites is 1. The molecule has 3 rings (SSSR count). The Balaban J connectivity index is 1.72. The number of thioether (sulfide) groups is 1. The van der Waals surface area contributed by atoms with Crippen molar-refractivity contribution in [2.24, 2.45) is 0 Å². The van der Waals surface area contributed by atoms with Gasteiger partial charge in [-0.05, 0) is 43.2 Å². The summed E-state index contributed by atoms with van der Waals surface area (Å²) in [6, 6.07) is 14.4. The Morgan fingerprint density at radius 1 is 1.23 bits per heavy atom. The van der Waals surface area contributed by atoms with Crippen molar-refractivity contribution in [3.05, 3.63) is 53.6 Å². The topological polar surface area (TPSA) is 32.3 Å². The van der Waals surface area contributed by atoms with Crippen LogP contribution in [-0.2, 0) is 4.79 Å². The van der Waals surface area contributed by atoms with Gasteiger partial charge < -0.3 is 10.2 Å². The van der Waals surface area contributed by atoms with E-state index in [2.05, 4.69) is 28.4 Å². The molecule has 0 fully saturated rings. The van der Waals surface area contributed by atoms with Gasteiger partial charge in [0.25, 0.3) is 0 Å². The SMILES string of the molecule is Cc1ccc(C)c(NC(=O)CN2CCSc3ccccc32)c1. The standard InChI is InChI=1S/C18H20N2OS/c1-13-7-8-14(2)15(11-13)19-18(21)12-20-9-10-22-17-6-4-3-5-16(17)20/h3-8,11H,9-10,12H2,1-2H3,(H,19,21). The highest BCUT2D eigenvalue weighted by Crippen LogP contribution is 2.34. The summed E-state index contributed by atoms with van der Waals surface area (Å²) in [6.07, 6.45) is 0. The maximum absolute atomic E-state index is 12.4. The minimum Gasteiger partial charge on any atom is -0.360 e. The van der Waals surface area contributed by atoms with Crippen LogP contribution in [-0.4, -0.2) is 24.7 Å². The lowest BCUT2D eigenvalue weighted by Gasteiger charge is -2.30. The van der Waals surface area contributed by atoms with Gasteiger partial charge in [-0.1, -0.05) is 24.3 Å². The largest absolute Gasteiger partial charge is 0.360 e. The van der Waals surface area contributed by atoms with E-state index in [4.69, 9.17) is 0 Å². The molecule has 1 amide bonds. The fourth-order valence-electron chi connectivity index (χ4n) is 2.62. The summed E-state index contributed by atoms with van der Waals surface area (Å²) in [4.78, 5) is 15.8. The summed E-state index contributed by atoms with van der Waals surface area (Å²) in [7, 11) is 0. The number of carbonyl (C=O) groups excluding carboxylic acids is 1. The number of aryl methyl sites for hydroxylation is 2. The van der Waals surface area contributed by atoms with Crippen LogP contribution in [0, 0.1) is 13.8 Å². The molecule has 0 atom stereocenters. The fraction of sp³-hybridized carbons (Fsp3) is 0.278. The molecule has 0 spiro atoms. The van der Waals surface area contributed by atoms with Gasteiger partial charge in [-0.25, -0.2) is 0 Å². The number of hydrogen-bond acceptors (Lipinski definition) is 3. The second kappa shape index (κ2) is 6.44. The van der Waals surface area contributed by atoms with Gasteiger partial charge in [-0.3, -0.25) is 4.79 Å². The Hall–Kier alpha value is -1.94. The first-order valence-corrected chi connectivity index (χ1v) is 8.46. The molecule has 0 saturated carbocycles. The van der Waals surface area contributed by atoms with Gasteiger partial charge in [0, 0.05) is 22.9 Å². The number of benzene rings is 2. The minimum absolute atomic E-state index is 0.0374. The Labute approximate surface area is 135 Å². The molecule has 0 radical (unpaired) electrons. The highest BCUT2D eigenvalue weighted by atomic mass is 32.2. The van der Waals surface area contributed by atoms with Crippen molar-refractivity contribution in [3.63, 3.8) is 0 Å². The molecule has 4 heteroatoms. The van der Waals surface area contributed by atoms with Crippen LogP contribution in [0.4, 0.5) is 11.4 Å². The summed E-state index contributed by atoms with van der Waals surface area (Å²) >= 11 is 1.85. The normalized spacial score (nSPS) is 13.6. The lowest BCUT2D eigenvalue weighted by Crippen LogP contribution is -2.36. The maximum Gasteiger partial charge on any atom is 0.243 e. The lowest BCUT2D eigenvalue weighted by atomic mass is 10.1. The first kappa shape index (κ1) is 15.0. The lowest BCUT2D eigenvalue weighted by molar-refractivity contribution is -0.115. The number of fused-ring (bicyclic) bond motifs is 1. The van der Waals surface area contributed by atoms with Gasteiger partial charge in [-0.2, -0.15) is 0 Å². The van der Waals surface area contributed by atoms with E-state index in [-0.39, 0.29) is 5.91 Å². The van der Waals surface area contributed by atoms with Gasteiger partial charge in [0.05, 0.1) is 12.2 Å². The van der Waals surface area contributed by atoms with Crippen LogP contribution in [0.3, 0.4) is 0 Å². The second-order valence-electron chi connectivity index (χ2n) is 5.60. The zero-order valence-corrected chi connectivity index (χ0v) is 13.7. The van der Waals surface area contributed by atoms with Gasteiger partial charge in [0.2, 0.25) is 5.91 Å². The Morgan fingerprint density at radius 3 is 2.91 bits per heavy atom.